The van der Waals surface area contributed by atoms with Gasteiger partial charge in [-0.25, -0.2) is 4.39 Å². The van der Waals surface area contributed by atoms with Gasteiger partial charge in [0.15, 0.2) is 5.13 Å². The smallest absolute Gasteiger partial charge is 0.177 e. The van der Waals surface area contributed by atoms with Gasteiger partial charge in [-0.3, -0.25) is 0 Å². The van der Waals surface area contributed by atoms with E-state index in [1.807, 2.05) is 0 Å². The van der Waals surface area contributed by atoms with Crippen LogP contribution in [0.25, 0.3) is 10.1 Å². The third kappa shape index (κ3) is 1.42. The zero-order valence-electron chi connectivity index (χ0n) is 6.48. The molecule has 1 heterocycles. The molecule has 1 aromatic heterocycles. The number of alkyl halides is 1. The number of benzene rings is 1. The molecular formula is C9H5ClF2S. The van der Waals surface area contributed by atoms with E-state index in [9.17, 15) is 8.78 Å². The lowest BCUT2D eigenvalue weighted by Crippen LogP contribution is -1.84. The number of rotatable bonds is 1. The van der Waals surface area contributed by atoms with Gasteiger partial charge in [0.1, 0.15) is 5.82 Å². The van der Waals surface area contributed by atoms with Crippen molar-refractivity contribution >= 4 is 33.0 Å². The third-order valence-corrected chi connectivity index (χ3v) is 3.04. The van der Waals surface area contributed by atoms with Gasteiger partial charge in [0.05, 0.1) is 10.6 Å². The lowest BCUT2D eigenvalue weighted by atomic mass is 10.2. The Balaban J connectivity index is 2.78. The van der Waals surface area contributed by atoms with Gasteiger partial charge >= 0.3 is 0 Å². The van der Waals surface area contributed by atoms with Crippen molar-refractivity contribution in [2.45, 2.75) is 5.88 Å². The first-order valence-corrected chi connectivity index (χ1v) is 5.00. The summed E-state index contributed by atoms with van der Waals surface area (Å²) in [6.07, 6.45) is 0. The predicted octanol–water partition coefficient (Wildman–Crippen LogP) is 3.92. The van der Waals surface area contributed by atoms with E-state index in [-0.39, 0.29) is 11.0 Å². The molecule has 2 aromatic rings. The van der Waals surface area contributed by atoms with Crippen LogP contribution in [0.5, 0.6) is 0 Å². The highest BCUT2D eigenvalue weighted by Crippen LogP contribution is 2.29. The summed E-state index contributed by atoms with van der Waals surface area (Å²) in [5.41, 5.74) is 0.413. The summed E-state index contributed by atoms with van der Waals surface area (Å²) in [7, 11) is 0. The van der Waals surface area contributed by atoms with Crippen LogP contribution in [-0.4, -0.2) is 0 Å². The number of halogens is 3. The van der Waals surface area contributed by atoms with Crippen molar-refractivity contribution in [3.05, 3.63) is 34.7 Å². The van der Waals surface area contributed by atoms with E-state index in [1.54, 1.807) is 12.1 Å². The molecule has 0 saturated heterocycles. The van der Waals surface area contributed by atoms with Crippen LogP contribution >= 0.6 is 22.9 Å². The second-order valence-electron chi connectivity index (χ2n) is 2.64. The molecule has 1 aromatic carbocycles. The molecule has 0 amide bonds. The number of hydrogen-bond acceptors (Lipinski definition) is 1. The topological polar surface area (TPSA) is 0 Å². The van der Waals surface area contributed by atoms with Crippen LogP contribution in [0.4, 0.5) is 8.78 Å². The molecule has 0 nitrogen and oxygen atoms in total. The molecule has 0 bridgehead atoms. The van der Waals surface area contributed by atoms with Gasteiger partial charge in [-0.2, -0.15) is 4.39 Å². The van der Waals surface area contributed by atoms with E-state index in [4.69, 9.17) is 11.6 Å². The summed E-state index contributed by atoms with van der Waals surface area (Å²) in [4.78, 5) is 0. The summed E-state index contributed by atoms with van der Waals surface area (Å²) >= 11 is 6.32. The van der Waals surface area contributed by atoms with Crippen molar-refractivity contribution in [2.75, 3.05) is 0 Å². The maximum absolute atomic E-state index is 13.4. The molecule has 0 aliphatic carbocycles. The van der Waals surface area contributed by atoms with E-state index in [0.29, 0.717) is 15.6 Å². The number of hydrogen-bond donors (Lipinski definition) is 0. The van der Waals surface area contributed by atoms with Crippen molar-refractivity contribution in [1.29, 1.82) is 0 Å². The molecule has 4 heteroatoms. The third-order valence-electron chi connectivity index (χ3n) is 1.82. The fraction of sp³-hybridized carbons (Fsp3) is 0.111. The molecule has 13 heavy (non-hydrogen) atoms. The molecule has 0 radical (unpaired) electrons. The Labute approximate surface area is 82.8 Å². The van der Waals surface area contributed by atoms with E-state index >= 15 is 0 Å². The van der Waals surface area contributed by atoms with Gasteiger partial charge in [0.25, 0.3) is 0 Å². The van der Waals surface area contributed by atoms with Crippen molar-refractivity contribution in [3.63, 3.8) is 0 Å². The average Bonchev–Trinajstić information content (AvgIpc) is 2.47. The fourth-order valence-electron chi connectivity index (χ4n) is 1.18. The van der Waals surface area contributed by atoms with Crippen molar-refractivity contribution in [1.82, 2.24) is 0 Å². The van der Waals surface area contributed by atoms with E-state index in [1.165, 1.54) is 6.07 Å². The van der Waals surface area contributed by atoms with Gasteiger partial charge in [-0.05, 0) is 11.5 Å². The fourth-order valence-corrected chi connectivity index (χ4v) is 2.23. The van der Waals surface area contributed by atoms with Crippen LogP contribution in [0.1, 0.15) is 5.56 Å². The molecule has 0 atom stereocenters. The largest absolute Gasteiger partial charge is 0.205 e. The maximum Gasteiger partial charge on any atom is 0.177 e. The van der Waals surface area contributed by atoms with Crippen LogP contribution < -0.4 is 0 Å². The highest BCUT2D eigenvalue weighted by atomic mass is 35.5. The molecule has 0 spiro atoms. The second-order valence-corrected chi connectivity index (χ2v) is 3.91. The van der Waals surface area contributed by atoms with E-state index < -0.39 is 5.82 Å². The number of thiophene rings is 1. The first kappa shape index (κ1) is 8.91. The Morgan fingerprint density at radius 1 is 1.31 bits per heavy atom. The molecule has 0 aliphatic heterocycles. The highest BCUT2D eigenvalue weighted by molar-refractivity contribution is 7.17. The standard InChI is InChI=1S/C9H5ClF2S/c10-4-6-2-1-5-3-7(11)13-9(5)8(6)12/h1-3H,4H2. The second kappa shape index (κ2) is 3.24. The monoisotopic (exact) mass is 218 g/mol. The van der Waals surface area contributed by atoms with Gasteiger partial charge in [0.2, 0.25) is 0 Å². The minimum absolute atomic E-state index is 0.112. The summed E-state index contributed by atoms with van der Waals surface area (Å²) < 4.78 is 26.5. The summed E-state index contributed by atoms with van der Waals surface area (Å²) in [6.45, 7) is 0. The number of fused-ring (bicyclic) bond motifs is 1. The normalized spacial score (nSPS) is 11.0. The Morgan fingerprint density at radius 2 is 2.08 bits per heavy atom. The maximum atomic E-state index is 13.4. The Morgan fingerprint density at radius 3 is 2.77 bits per heavy atom. The SMILES string of the molecule is Fc1cc2ccc(CCl)c(F)c2s1. The molecule has 68 valence electrons. The molecule has 0 aliphatic rings. The van der Waals surface area contributed by atoms with Gasteiger partial charge in [-0.1, -0.05) is 12.1 Å². The average molecular weight is 219 g/mol. The van der Waals surface area contributed by atoms with Crippen molar-refractivity contribution in [2.24, 2.45) is 0 Å². The van der Waals surface area contributed by atoms with Gasteiger partial charge in [0, 0.05) is 5.56 Å². The predicted molar refractivity (Wildman–Crippen MR) is 51.3 cm³/mol. The van der Waals surface area contributed by atoms with Crippen LogP contribution in [0.2, 0.25) is 0 Å². The van der Waals surface area contributed by atoms with E-state index in [2.05, 4.69) is 0 Å². The zero-order valence-corrected chi connectivity index (χ0v) is 8.05. The lowest BCUT2D eigenvalue weighted by molar-refractivity contribution is 0.631. The van der Waals surface area contributed by atoms with Crippen molar-refractivity contribution < 1.29 is 8.78 Å². The van der Waals surface area contributed by atoms with Crippen LogP contribution in [0.3, 0.4) is 0 Å². The lowest BCUT2D eigenvalue weighted by Gasteiger charge is -1.97. The van der Waals surface area contributed by atoms with Crippen LogP contribution in [0.15, 0.2) is 18.2 Å². The van der Waals surface area contributed by atoms with Gasteiger partial charge < -0.3 is 0 Å². The molecule has 0 fully saturated rings. The Hall–Kier alpha value is -0.670. The van der Waals surface area contributed by atoms with Crippen LogP contribution in [-0.2, 0) is 5.88 Å². The first-order chi connectivity index (χ1) is 6.22. The Bertz CT molecular complexity index is 450. The molecular weight excluding hydrogens is 214 g/mol. The van der Waals surface area contributed by atoms with Gasteiger partial charge in [-0.15, -0.1) is 22.9 Å². The first-order valence-electron chi connectivity index (χ1n) is 3.65. The summed E-state index contributed by atoms with van der Waals surface area (Å²) in [6, 6.07) is 4.58. The summed E-state index contributed by atoms with van der Waals surface area (Å²) in [5, 5.41) is 0.217. The zero-order chi connectivity index (χ0) is 9.42. The van der Waals surface area contributed by atoms with Crippen LogP contribution in [0, 0.1) is 10.9 Å². The molecule has 0 unspecified atom stereocenters. The molecule has 0 saturated carbocycles. The molecule has 0 N–H and O–H groups in total. The quantitative estimate of drug-likeness (QED) is 0.637. The van der Waals surface area contributed by atoms with E-state index in [0.717, 1.165) is 11.3 Å². The van der Waals surface area contributed by atoms with Crippen molar-refractivity contribution in [3.8, 4) is 0 Å². The molecule has 2 rings (SSSR count). The Kier molecular flexibility index (Phi) is 2.22. The highest BCUT2D eigenvalue weighted by Gasteiger charge is 2.09. The minimum Gasteiger partial charge on any atom is -0.205 e. The summed E-state index contributed by atoms with van der Waals surface area (Å²) in [5.74, 6) is -0.289. The minimum atomic E-state index is -0.401.